The van der Waals surface area contributed by atoms with Crippen LogP contribution in [0, 0.1) is 11.6 Å². The smallest absolute Gasteiger partial charge is 0.163 e. The zero-order valence-electron chi connectivity index (χ0n) is 11.4. The molecule has 21 heavy (non-hydrogen) atoms. The number of methoxy groups -OCH3 is 2. The number of rotatable bonds is 4. The summed E-state index contributed by atoms with van der Waals surface area (Å²) >= 11 is 5.78. The fraction of sp³-hybridized carbons (Fsp3) is 0.200. The highest BCUT2D eigenvalue weighted by atomic mass is 35.5. The van der Waals surface area contributed by atoms with Gasteiger partial charge >= 0.3 is 0 Å². The van der Waals surface area contributed by atoms with Crippen molar-refractivity contribution in [1.82, 2.24) is 0 Å². The largest absolute Gasteiger partial charge is 0.493 e. The molecule has 0 spiro atoms. The van der Waals surface area contributed by atoms with E-state index in [0.29, 0.717) is 0 Å². The van der Waals surface area contributed by atoms with E-state index in [0.717, 1.165) is 12.1 Å². The summed E-state index contributed by atoms with van der Waals surface area (Å²) in [5.41, 5.74) is -0.248. The van der Waals surface area contributed by atoms with Crippen LogP contribution in [0.4, 0.5) is 8.78 Å². The summed E-state index contributed by atoms with van der Waals surface area (Å²) in [6, 6.07) is 6.04. The molecular weight excluding hydrogens is 302 g/mol. The Kier molecular flexibility index (Phi) is 4.65. The molecule has 0 aliphatic rings. The summed E-state index contributed by atoms with van der Waals surface area (Å²) in [5, 5.41) is 10.5. The van der Waals surface area contributed by atoms with Crippen LogP contribution in [0.3, 0.4) is 0 Å². The van der Waals surface area contributed by atoms with Gasteiger partial charge in [0.2, 0.25) is 0 Å². The van der Waals surface area contributed by atoms with E-state index in [1.165, 1.54) is 32.4 Å². The number of halogens is 3. The zero-order chi connectivity index (χ0) is 15.6. The predicted octanol–water partition coefficient (Wildman–Crippen LogP) is 3.72. The van der Waals surface area contributed by atoms with Crippen molar-refractivity contribution in [3.63, 3.8) is 0 Å². The Bertz CT molecular complexity index is 662. The van der Waals surface area contributed by atoms with Crippen LogP contribution in [-0.4, -0.2) is 19.3 Å². The van der Waals surface area contributed by atoms with Gasteiger partial charge in [-0.1, -0.05) is 11.6 Å². The number of aliphatic hydroxyl groups excluding tert-OH is 1. The van der Waals surface area contributed by atoms with Crippen LogP contribution in [0.5, 0.6) is 11.5 Å². The van der Waals surface area contributed by atoms with Crippen LogP contribution in [0.1, 0.15) is 17.2 Å². The molecule has 0 bridgehead atoms. The van der Waals surface area contributed by atoms with Crippen molar-refractivity contribution in [3.8, 4) is 11.5 Å². The third-order valence-electron chi connectivity index (χ3n) is 3.05. The van der Waals surface area contributed by atoms with Crippen LogP contribution in [0.2, 0.25) is 5.02 Å². The van der Waals surface area contributed by atoms with Gasteiger partial charge < -0.3 is 14.6 Å². The van der Waals surface area contributed by atoms with Crippen LogP contribution in [0.15, 0.2) is 30.3 Å². The van der Waals surface area contributed by atoms with Gasteiger partial charge in [-0.15, -0.1) is 0 Å². The topological polar surface area (TPSA) is 38.7 Å². The third kappa shape index (κ3) is 3.09. The second-order valence-corrected chi connectivity index (χ2v) is 4.73. The summed E-state index contributed by atoms with van der Waals surface area (Å²) < 4.78 is 37.8. The maximum absolute atomic E-state index is 14.1. The van der Waals surface area contributed by atoms with Crippen LogP contribution >= 0.6 is 11.6 Å². The predicted molar refractivity (Wildman–Crippen MR) is 75.0 cm³/mol. The van der Waals surface area contributed by atoms with Crippen molar-refractivity contribution >= 4 is 11.6 Å². The highest BCUT2D eigenvalue weighted by Crippen LogP contribution is 2.35. The van der Waals surface area contributed by atoms with Gasteiger partial charge in [-0.05, 0) is 24.3 Å². The maximum Gasteiger partial charge on any atom is 0.163 e. The fourth-order valence-electron chi connectivity index (χ4n) is 1.97. The normalized spacial score (nSPS) is 12.1. The first-order chi connectivity index (χ1) is 9.97. The van der Waals surface area contributed by atoms with E-state index in [1.54, 1.807) is 0 Å². The minimum absolute atomic E-state index is 0.117. The minimum atomic E-state index is -1.51. The minimum Gasteiger partial charge on any atom is -0.493 e. The van der Waals surface area contributed by atoms with Gasteiger partial charge in [-0.25, -0.2) is 8.78 Å². The van der Waals surface area contributed by atoms with Crippen molar-refractivity contribution < 1.29 is 23.4 Å². The molecule has 0 amide bonds. The Morgan fingerprint density at radius 2 is 1.52 bits per heavy atom. The lowest BCUT2D eigenvalue weighted by Gasteiger charge is -2.16. The third-order valence-corrected chi connectivity index (χ3v) is 3.29. The van der Waals surface area contributed by atoms with Crippen molar-refractivity contribution in [2.45, 2.75) is 6.10 Å². The molecule has 0 radical (unpaired) electrons. The molecule has 2 aromatic carbocycles. The van der Waals surface area contributed by atoms with Gasteiger partial charge in [-0.2, -0.15) is 0 Å². The lowest BCUT2D eigenvalue weighted by molar-refractivity contribution is 0.208. The molecule has 3 nitrogen and oxygen atoms in total. The molecule has 0 saturated heterocycles. The Hall–Kier alpha value is -1.85. The van der Waals surface area contributed by atoms with Crippen LogP contribution in [-0.2, 0) is 0 Å². The van der Waals surface area contributed by atoms with Gasteiger partial charge in [0.05, 0.1) is 14.2 Å². The monoisotopic (exact) mass is 314 g/mol. The molecule has 2 aromatic rings. The molecule has 2 rings (SSSR count). The Morgan fingerprint density at radius 3 is 2.14 bits per heavy atom. The summed E-state index contributed by atoms with van der Waals surface area (Å²) in [7, 11) is 2.75. The van der Waals surface area contributed by atoms with Crippen LogP contribution in [0.25, 0.3) is 0 Å². The van der Waals surface area contributed by atoms with E-state index in [4.69, 9.17) is 21.1 Å². The van der Waals surface area contributed by atoms with Crippen molar-refractivity contribution in [2.75, 3.05) is 14.2 Å². The van der Waals surface area contributed by atoms with E-state index in [9.17, 15) is 13.9 Å². The van der Waals surface area contributed by atoms with E-state index >= 15 is 0 Å². The Labute approximate surface area is 125 Å². The fourth-order valence-corrected chi connectivity index (χ4v) is 2.15. The molecule has 0 fully saturated rings. The summed E-state index contributed by atoms with van der Waals surface area (Å²) in [5.74, 6) is -1.01. The molecule has 1 unspecified atom stereocenters. The summed E-state index contributed by atoms with van der Waals surface area (Å²) in [6.45, 7) is 0. The SMILES string of the molecule is COc1cc(F)c(C(O)c2cc(Cl)ccc2F)cc1OC. The van der Waals surface area contributed by atoms with E-state index in [2.05, 4.69) is 0 Å². The summed E-state index contributed by atoms with van der Waals surface area (Å²) in [4.78, 5) is 0. The number of hydrogen-bond donors (Lipinski definition) is 1. The number of ether oxygens (including phenoxy) is 2. The highest BCUT2D eigenvalue weighted by molar-refractivity contribution is 6.30. The van der Waals surface area contributed by atoms with Crippen LogP contribution < -0.4 is 9.47 Å². The first-order valence-corrected chi connectivity index (χ1v) is 6.40. The lowest BCUT2D eigenvalue weighted by Crippen LogP contribution is -2.06. The second-order valence-electron chi connectivity index (χ2n) is 4.30. The van der Waals surface area contributed by atoms with E-state index in [1.807, 2.05) is 0 Å². The number of aliphatic hydroxyl groups is 1. The lowest BCUT2D eigenvalue weighted by atomic mass is 10.00. The first kappa shape index (κ1) is 15.5. The highest BCUT2D eigenvalue weighted by Gasteiger charge is 2.21. The van der Waals surface area contributed by atoms with Gasteiger partial charge in [0.15, 0.2) is 11.5 Å². The average molecular weight is 315 g/mol. The van der Waals surface area contributed by atoms with Crippen molar-refractivity contribution in [2.24, 2.45) is 0 Å². The molecule has 0 aliphatic heterocycles. The average Bonchev–Trinajstić information content (AvgIpc) is 2.48. The van der Waals surface area contributed by atoms with Crippen molar-refractivity contribution in [1.29, 1.82) is 0 Å². The second kappa shape index (κ2) is 6.28. The summed E-state index contributed by atoms with van der Waals surface area (Å²) in [6.07, 6.45) is -1.51. The molecule has 1 N–H and O–H groups in total. The van der Waals surface area contributed by atoms with Gasteiger partial charge in [-0.3, -0.25) is 0 Å². The first-order valence-electron chi connectivity index (χ1n) is 6.02. The van der Waals surface area contributed by atoms with Gasteiger partial charge in [0.1, 0.15) is 17.7 Å². The Balaban J connectivity index is 2.52. The van der Waals surface area contributed by atoms with Crippen molar-refractivity contribution in [3.05, 3.63) is 58.1 Å². The molecule has 0 saturated carbocycles. The quantitative estimate of drug-likeness (QED) is 0.935. The molecule has 0 heterocycles. The zero-order valence-corrected chi connectivity index (χ0v) is 12.1. The van der Waals surface area contributed by atoms with E-state index < -0.39 is 17.7 Å². The molecular formula is C15H13ClF2O3. The maximum atomic E-state index is 14.1. The Morgan fingerprint density at radius 1 is 0.952 bits per heavy atom. The van der Waals surface area contributed by atoms with Gasteiger partial charge in [0.25, 0.3) is 0 Å². The standard InChI is InChI=1S/C15H13ClF2O3/c1-20-13-6-10(12(18)7-14(13)21-2)15(19)9-5-8(16)3-4-11(9)17/h3-7,15,19H,1-2H3. The molecule has 6 heteroatoms. The number of hydrogen-bond acceptors (Lipinski definition) is 3. The van der Waals surface area contributed by atoms with Gasteiger partial charge in [0, 0.05) is 22.2 Å². The molecule has 1 atom stereocenters. The molecule has 112 valence electrons. The number of benzene rings is 2. The molecule has 0 aliphatic carbocycles. The van der Waals surface area contributed by atoms with E-state index in [-0.39, 0.29) is 27.6 Å². The molecule has 0 aromatic heterocycles.